The van der Waals surface area contributed by atoms with Crippen LogP contribution in [0.5, 0.6) is 5.75 Å². The number of methoxy groups -OCH3 is 1. The van der Waals surface area contributed by atoms with Gasteiger partial charge in [0.15, 0.2) is 0 Å². The fourth-order valence-corrected chi connectivity index (χ4v) is 9.17. The van der Waals surface area contributed by atoms with Gasteiger partial charge in [-0.25, -0.2) is 19.6 Å². The number of carbonyl (C=O) groups excluding carboxylic acids is 3. The van der Waals surface area contributed by atoms with Crippen molar-refractivity contribution in [2.75, 3.05) is 20.2 Å². The fraction of sp³-hybridized carbons (Fsp3) is 0.319. The van der Waals surface area contributed by atoms with Crippen molar-refractivity contribution >= 4 is 34.8 Å². The second kappa shape index (κ2) is 16.7. The summed E-state index contributed by atoms with van der Waals surface area (Å²) in [5.41, 5.74) is 7.27. The van der Waals surface area contributed by atoms with Crippen LogP contribution in [0, 0.1) is 5.92 Å². The minimum absolute atomic E-state index is 0.119. The van der Waals surface area contributed by atoms with Gasteiger partial charge in [0.25, 0.3) is 5.91 Å². The largest absolute Gasteiger partial charge is 0.488 e. The number of likely N-dealkylation sites (tertiary alicyclic amines) is 2. The van der Waals surface area contributed by atoms with E-state index in [0.717, 1.165) is 75.0 Å². The van der Waals surface area contributed by atoms with Gasteiger partial charge < -0.3 is 45.0 Å². The summed E-state index contributed by atoms with van der Waals surface area (Å²) in [5, 5.41) is 16.7. The molecule has 9 rings (SSSR count). The van der Waals surface area contributed by atoms with Gasteiger partial charge in [0.2, 0.25) is 5.91 Å². The zero-order chi connectivity index (χ0) is 43.1. The van der Waals surface area contributed by atoms with Gasteiger partial charge in [-0.15, -0.1) is 0 Å². The Balaban J connectivity index is 0.915. The molecule has 6 aromatic rings. The number of alkyl carbamates (subject to hydrolysis) is 1. The monoisotopic (exact) mass is 836 g/mol. The lowest BCUT2D eigenvalue weighted by Gasteiger charge is -2.30. The predicted molar refractivity (Wildman–Crippen MR) is 231 cm³/mol. The highest BCUT2D eigenvalue weighted by molar-refractivity contribution is 5.98. The molecule has 2 aromatic heterocycles. The van der Waals surface area contributed by atoms with Gasteiger partial charge in [-0.05, 0) is 77.4 Å². The Morgan fingerprint density at radius 3 is 2.06 bits per heavy atom. The van der Waals surface area contributed by atoms with E-state index in [1.165, 1.54) is 7.11 Å². The summed E-state index contributed by atoms with van der Waals surface area (Å²) in [6, 6.07) is 23.3. The molecule has 4 aromatic carbocycles. The lowest BCUT2D eigenvalue weighted by molar-refractivity contribution is -0.135. The molecule has 0 spiro atoms. The number of hydrogen-bond acceptors (Lipinski definition) is 8. The van der Waals surface area contributed by atoms with E-state index < -0.39 is 24.3 Å². The van der Waals surface area contributed by atoms with Crippen LogP contribution in [0.25, 0.3) is 44.4 Å². The van der Waals surface area contributed by atoms with Crippen LogP contribution in [0.15, 0.2) is 91.3 Å². The molecule has 15 nitrogen and oxygen atoms in total. The van der Waals surface area contributed by atoms with Gasteiger partial charge >= 0.3 is 12.2 Å². The van der Waals surface area contributed by atoms with Crippen molar-refractivity contribution in [2.45, 2.75) is 70.3 Å². The molecule has 4 amide bonds. The van der Waals surface area contributed by atoms with Gasteiger partial charge in [-0.1, -0.05) is 74.5 Å². The molecule has 5 heterocycles. The SMILES string of the molecule is COC(=O)NC(C(=O)N1CCC[C@H]1c1ncc(-c2ccc3c(c2)COc2c-3ccc3cc(-c4cnc([C@@H]5CCCN5C(=O)C(NC(=O)O)c5ccccc5)[nH]4)ccc23)[nH]1)C(C)C. The second-order valence-corrected chi connectivity index (χ2v) is 16.4. The number of nitrogens with one attached hydrogen (secondary N) is 4. The smallest absolute Gasteiger partial charge is 0.407 e. The van der Waals surface area contributed by atoms with Crippen molar-refractivity contribution in [2.24, 2.45) is 5.92 Å². The summed E-state index contributed by atoms with van der Waals surface area (Å²) in [6.45, 7) is 5.27. The first kappa shape index (κ1) is 40.3. The number of carboxylic acid groups (broad SMARTS) is 1. The predicted octanol–water partition coefficient (Wildman–Crippen LogP) is 7.90. The summed E-state index contributed by atoms with van der Waals surface area (Å²) >= 11 is 0. The Hall–Kier alpha value is -7.16. The molecule has 0 saturated carbocycles. The third-order valence-electron chi connectivity index (χ3n) is 12.3. The highest BCUT2D eigenvalue weighted by Gasteiger charge is 2.39. The molecule has 62 heavy (non-hydrogen) atoms. The number of aromatic nitrogens is 4. The average molecular weight is 837 g/mol. The highest BCUT2D eigenvalue weighted by atomic mass is 16.5. The van der Waals surface area contributed by atoms with Crippen LogP contribution in [0.1, 0.15) is 80.4 Å². The van der Waals surface area contributed by atoms with E-state index in [-0.39, 0.29) is 29.8 Å². The quantitative estimate of drug-likeness (QED) is 0.0912. The van der Waals surface area contributed by atoms with Crippen molar-refractivity contribution in [3.63, 3.8) is 0 Å². The third kappa shape index (κ3) is 7.58. The van der Waals surface area contributed by atoms with Crippen molar-refractivity contribution in [1.82, 2.24) is 40.4 Å². The van der Waals surface area contributed by atoms with Crippen LogP contribution in [0.2, 0.25) is 0 Å². The van der Waals surface area contributed by atoms with Crippen LogP contribution >= 0.6 is 0 Å². The average Bonchev–Trinajstić information content (AvgIpc) is 4.14. The molecule has 0 bridgehead atoms. The molecular formula is C47H48N8O7. The molecular weight excluding hydrogens is 789 g/mol. The number of ether oxygens (including phenoxy) is 2. The zero-order valence-electron chi connectivity index (χ0n) is 34.7. The lowest BCUT2D eigenvalue weighted by atomic mass is 9.92. The molecule has 15 heteroatoms. The van der Waals surface area contributed by atoms with Crippen LogP contribution < -0.4 is 15.4 Å². The first-order chi connectivity index (χ1) is 30.1. The van der Waals surface area contributed by atoms with E-state index in [4.69, 9.17) is 19.4 Å². The maximum atomic E-state index is 13.8. The minimum Gasteiger partial charge on any atom is -0.488 e. The van der Waals surface area contributed by atoms with Crippen LogP contribution in [-0.4, -0.2) is 85.1 Å². The highest BCUT2D eigenvalue weighted by Crippen LogP contribution is 2.44. The topological polar surface area (TPSA) is 195 Å². The first-order valence-electron chi connectivity index (χ1n) is 21.0. The summed E-state index contributed by atoms with van der Waals surface area (Å²) in [7, 11) is 1.29. The van der Waals surface area contributed by atoms with Crippen LogP contribution in [-0.2, 0) is 20.9 Å². The van der Waals surface area contributed by atoms with Crippen molar-refractivity contribution in [3.8, 4) is 39.4 Å². The van der Waals surface area contributed by atoms with Gasteiger partial charge in [-0.3, -0.25) is 9.59 Å². The van der Waals surface area contributed by atoms with E-state index in [1.54, 1.807) is 46.5 Å². The molecule has 2 unspecified atom stereocenters. The van der Waals surface area contributed by atoms with Gasteiger partial charge in [0.05, 0.1) is 43.0 Å². The minimum atomic E-state index is -1.26. The molecule has 3 aliphatic rings. The van der Waals surface area contributed by atoms with E-state index in [1.807, 2.05) is 26.0 Å². The Morgan fingerprint density at radius 2 is 1.42 bits per heavy atom. The van der Waals surface area contributed by atoms with E-state index >= 15 is 0 Å². The molecule has 3 aliphatic heterocycles. The van der Waals surface area contributed by atoms with Crippen LogP contribution in [0.4, 0.5) is 9.59 Å². The Morgan fingerprint density at radius 1 is 0.790 bits per heavy atom. The number of rotatable bonds is 10. The summed E-state index contributed by atoms with van der Waals surface area (Å²) in [4.78, 5) is 71.1. The first-order valence-corrected chi connectivity index (χ1v) is 21.0. The number of fused-ring (bicyclic) bond motifs is 5. The fourth-order valence-electron chi connectivity index (χ4n) is 9.17. The number of hydrogen-bond donors (Lipinski definition) is 5. The zero-order valence-corrected chi connectivity index (χ0v) is 34.7. The van der Waals surface area contributed by atoms with Crippen molar-refractivity contribution < 1.29 is 33.8 Å². The van der Waals surface area contributed by atoms with Crippen LogP contribution in [0.3, 0.4) is 0 Å². The molecule has 4 atom stereocenters. The van der Waals surface area contributed by atoms with Gasteiger partial charge in [0.1, 0.15) is 36.1 Å². The molecule has 2 fully saturated rings. The number of nitrogens with zero attached hydrogens (tertiary/aromatic N) is 4. The standard InChI is InChI=1S/C47H48N8O7/c1-26(2)39(53-47(60)61-3)44(56)54-19-7-11-37(54)42-49-24-36(51-42)30-14-16-32-31(22-30)25-62-41-33-17-15-29(21-28(33)13-18-34(32)41)35-23-48-43(50-35)38-12-8-20-55(38)45(57)40(52-46(58)59)27-9-5-4-6-10-27/h4-6,9-10,13-18,21-24,26,37-40,52H,7-8,11-12,19-20,25H2,1-3H3,(H,48,50)(H,49,51)(H,53,60)(H,58,59)/t37-,38-,39?,40?/m0/s1. The van der Waals surface area contributed by atoms with Crippen molar-refractivity contribution in [3.05, 3.63) is 114 Å². The van der Waals surface area contributed by atoms with E-state index in [0.29, 0.717) is 43.3 Å². The number of aromatic amines is 2. The second-order valence-electron chi connectivity index (χ2n) is 16.4. The van der Waals surface area contributed by atoms with Gasteiger partial charge in [-0.2, -0.15) is 0 Å². The Bertz CT molecular complexity index is 2680. The molecule has 0 aliphatic carbocycles. The maximum Gasteiger partial charge on any atom is 0.407 e. The molecule has 318 valence electrons. The maximum absolute atomic E-state index is 13.8. The number of benzene rings is 4. The Kier molecular flexibility index (Phi) is 10.9. The molecule has 5 N–H and O–H groups in total. The van der Waals surface area contributed by atoms with E-state index in [9.17, 15) is 24.3 Å². The van der Waals surface area contributed by atoms with E-state index in [2.05, 4.69) is 63.1 Å². The summed E-state index contributed by atoms with van der Waals surface area (Å²) < 4.78 is 11.3. The number of H-pyrrole nitrogens is 2. The summed E-state index contributed by atoms with van der Waals surface area (Å²) in [5.74, 6) is 1.61. The van der Waals surface area contributed by atoms with Gasteiger partial charge in [0, 0.05) is 29.6 Å². The number of amides is 4. The third-order valence-corrected chi connectivity index (χ3v) is 12.3. The number of imidazole rings is 2. The Labute approximate surface area is 357 Å². The summed E-state index contributed by atoms with van der Waals surface area (Å²) in [6.07, 6.45) is 4.78. The normalized spacial score (nSPS) is 17.9. The lowest BCUT2D eigenvalue weighted by Crippen LogP contribution is -2.51. The molecule has 0 radical (unpaired) electrons. The van der Waals surface area contributed by atoms with Crippen molar-refractivity contribution in [1.29, 1.82) is 0 Å². The number of carbonyl (C=O) groups is 4. The molecule has 2 saturated heterocycles.